The van der Waals surface area contributed by atoms with Gasteiger partial charge in [0.05, 0.1) is 7.11 Å². The first-order valence-electron chi connectivity index (χ1n) is 7.37. The molecule has 0 radical (unpaired) electrons. The van der Waals surface area contributed by atoms with Crippen molar-refractivity contribution < 1.29 is 14.3 Å². The molecule has 1 aliphatic rings. The van der Waals surface area contributed by atoms with Crippen molar-refractivity contribution in [3.05, 3.63) is 70.8 Å². The van der Waals surface area contributed by atoms with Crippen LogP contribution in [0.25, 0.3) is 6.08 Å². The van der Waals surface area contributed by atoms with E-state index in [-0.39, 0.29) is 5.97 Å². The number of hydrogen-bond acceptors (Lipinski definition) is 3. The Labute approximate surface area is 130 Å². The highest BCUT2D eigenvalue weighted by Gasteiger charge is 2.21. The van der Waals surface area contributed by atoms with Gasteiger partial charge in [-0.25, -0.2) is 4.79 Å². The van der Waals surface area contributed by atoms with E-state index in [0.29, 0.717) is 17.9 Å². The van der Waals surface area contributed by atoms with Crippen LogP contribution in [-0.2, 0) is 17.8 Å². The molecule has 0 fully saturated rings. The molecule has 0 N–H and O–H groups in total. The number of allylic oxidation sites excluding steroid dienone is 1. The van der Waals surface area contributed by atoms with Crippen LogP contribution < -0.4 is 4.74 Å². The number of benzene rings is 2. The molecular weight excluding hydrogens is 276 g/mol. The number of methoxy groups -OCH3 is 1. The van der Waals surface area contributed by atoms with Crippen LogP contribution in [0.2, 0.25) is 0 Å². The van der Waals surface area contributed by atoms with Gasteiger partial charge in [-0.15, -0.1) is 0 Å². The first kappa shape index (κ1) is 14.4. The molecule has 0 atom stereocenters. The largest absolute Gasteiger partial charge is 0.488 e. The summed E-state index contributed by atoms with van der Waals surface area (Å²) in [6, 6.07) is 13.8. The summed E-state index contributed by atoms with van der Waals surface area (Å²) in [7, 11) is 1.40. The van der Waals surface area contributed by atoms with Gasteiger partial charge in [0.25, 0.3) is 0 Å². The Morgan fingerprint density at radius 3 is 2.73 bits per heavy atom. The molecule has 0 saturated carbocycles. The highest BCUT2D eigenvalue weighted by atomic mass is 16.5. The number of carbonyl (C=O) groups excluding carboxylic acids is 1. The molecule has 0 unspecified atom stereocenters. The van der Waals surface area contributed by atoms with Gasteiger partial charge in [-0.1, -0.05) is 48.6 Å². The summed E-state index contributed by atoms with van der Waals surface area (Å²) in [5.74, 6) is 0.250. The van der Waals surface area contributed by atoms with Gasteiger partial charge in [-0.3, -0.25) is 0 Å². The summed E-state index contributed by atoms with van der Waals surface area (Å²) in [6.07, 6.45) is 5.93. The van der Waals surface area contributed by atoms with E-state index >= 15 is 0 Å². The van der Waals surface area contributed by atoms with Crippen molar-refractivity contribution in [3.63, 3.8) is 0 Å². The number of fused-ring (bicyclic) bond motifs is 1. The third-order valence-corrected chi connectivity index (χ3v) is 3.80. The summed E-state index contributed by atoms with van der Waals surface area (Å²) in [5, 5.41) is 0. The number of rotatable bonds is 4. The zero-order chi connectivity index (χ0) is 15.4. The van der Waals surface area contributed by atoms with Gasteiger partial charge < -0.3 is 9.47 Å². The molecule has 3 nitrogen and oxygen atoms in total. The van der Waals surface area contributed by atoms with Crippen LogP contribution in [0.4, 0.5) is 0 Å². The Morgan fingerprint density at radius 2 is 1.95 bits per heavy atom. The van der Waals surface area contributed by atoms with E-state index in [2.05, 4.69) is 6.08 Å². The van der Waals surface area contributed by atoms with Crippen molar-refractivity contribution in [2.45, 2.75) is 19.4 Å². The Kier molecular flexibility index (Phi) is 4.24. The lowest BCUT2D eigenvalue weighted by molar-refractivity contribution is 0.0594. The summed E-state index contributed by atoms with van der Waals surface area (Å²) >= 11 is 0. The molecule has 0 amide bonds. The van der Waals surface area contributed by atoms with Gasteiger partial charge in [-0.05, 0) is 35.6 Å². The summed E-state index contributed by atoms with van der Waals surface area (Å²) in [4.78, 5) is 12.2. The summed E-state index contributed by atoms with van der Waals surface area (Å²) in [5.41, 5.74) is 3.70. The van der Waals surface area contributed by atoms with Crippen LogP contribution in [-0.4, -0.2) is 13.1 Å². The molecular formula is C19H18O3. The van der Waals surface area contributed by atoms with Crippen molar-refractivity contribution >= 4 is 12.0 Å². The van der Waals surface area contributed by atoms with Crippen molar-refractivity contribution in [1.82, 2.24) is 0 Å². The minimum atomic E-state index is -0.338. The average Bonchev–Trinajstić information content (AvgIpc) is 2.59. The highest BCUT2D eigenvalue weighted by molar-refractivity contribution is 5.95. The second kappa shape index (κ2) is 6.48. The van der Waals surface area contributed by atoms with Gasteiger partial charge in [0.1, 0.15) is 17.9 Å². The molecule has 3 rings (SSSR count). The predicted molar refractivity (Wildman–Crippen MR) is 85.9 cm³/mol. The fourth-order valence-corrected chi connectivity index (χ4v) is 2.69. The first-order valence-corrected chi connectivity index (χ1v) is 7.37. The minimum absolute atomic E-state index is 0.338. The Hall–Kier alpha value is -2.55. The van der Waals surface area contributed by atoms with E-state index in [9.17, 15) is 4.79 Å². The molecule has 112 valence electrons. The van der Waals surface area contributed by atoms with E-state index < -0.39 is 0 Å². The average molecular weight is 294 g/mol. The molecule has 0 bridgehead atoms. The zero-order valence-electron chi connectivity index (χ0n) is 12.5. The normalized spacial score (nSPS) is 12.6. The van der Waals surface area contributed by atoms with Crippen LogP contribution in [0.1, 0.15) is 33.5 Å². The summed E-state index contributed by atoms with van der Waals surface area (Å²) < 4.78 is 10.8. The lowest BCUT2D eigenvalue weighted by Gasteiger charge is -2.18. The maximum atomic E-state index is 12.2. The number of esters is 1. The second-order valence-electron chi connectivity index (χ2n) is 5.21. The molecule has 0 heterocycles. The third kappa shape index (κ3) is 2.89. The van der Waals surface area contributed by atoms with Crippen LogP contribution in [0, 0.1) is 0 Å². The Morgan fingerprint density at radius 1 is 1.14 bits per heavy atom. The van der Waals surface area contributed by atoms with Gasteiger partial charge in [0.15, 0.2) is 0 Å². The molecule has 0 aliphatic heterocycles. The summed E-state index contributed by atoms with van der Waals surface area (Å²) in [6.45, 7) is 0.430. The number of ether oxygens (including phenoxy) is 2. The third-order valence-electron chi connectivity index (χ3n) is 3.80. The fraction of sp³-hybridized carbons (Fsp3) is 0.211. The molecule has 0 aromatic heterocycles. The second-order valence-corrected chi connectivity index (χ2v) is 5.21. The SMILES string of the molecule is COC(=O)c1c(OCc2ccccc2)ccc2c1CCC=C2. The minimum Gasteiger partial charge on any atom is -0.488 e. The van der Waals surface area contributed by atoms with Crippen LogP contribution in [0.5, 0.6) is 5.75 Å². The van der Waals surface area contributed by atoms with Crippen molar-refractivity contribution in [2.75, 3.05) is 7.11 Å². The maximum absolute atomic E-state index is 12.2. The van der Waals surface area contributed by atoms with E-state index in [0.717, 1.165) is 29.5 Å². The lowest BCUT2D eigenvalue weighted by atomic mass is 9.92. The molecule has 22 heavy (non-hydrogen) atoms. The van der Waals surface area contributed by atoms with E-state index in [4.69, 9.17) is 9.47 Å². The molecule has 1 aliphatic carbocycles. The topological polar surface area (TPSA) is 35.5 Å². The van der Waals surface area contributed by atoms with Gasteiger partial charge >= 0.3 is 5.97 Å². The Bertz CT molecular complexity index is 702. The quantitative estimate of drug-likeness (QED) is 0.799. The fourth-order valence-electron chi connectivity index (χ4n) is 2.69. The highest BCUT2D eigenvalue weighted by Crippen LogP contribution is 2.31. The number of carbonyl (C=O) groups is 1. The van der Waals surface area contributed by atoms with Crippen LogP contribution >= 0.6 is 0 Å². The smallest absolute Gasteiger partial charge is 0.341 e. The van der Waals surface area contributed by atoms with Crippen molar-refractivity contribution in [3.8, 4) is 5.75 Å². The lowest BCUT2D eigenvalue weighted by Crippen LogP contribution is -2.12. The first-order chi connectivity index (χ1) is 10.8. The van der Waals surface area contributed by atoms with Crippen molar-refractivity contribution in [2.24, 2.45) is 0 Å². The molecule has 0 spiro atoms. The number of hydrogen-bond donors (Lipinski definition) is 0. The zero-order valence-corrected chi connectivity index (χ0v) is 12.5. The van der Waals surface area contributed by atoms with Gasteiger partial charge in [0, 0.05) is 0 Å². The molecule has 2 aromatic carbocycles. The molecule has 3 heteroatoms. The van der Waals surface area contributed by atoms with E-state index in [1.165, 1.54) is 7.11 Å². The standard InChI is InChI=1S/C19H18O3/c1-21-19(20)18-16-10-6-5-9-15(16)11-12-17(18)22-13-14-7-3-2-4-8-14/h2-5,7-9,11-12H,6,10,13H2,1H3. The maximum Gasteiger partial charge on any atom is 0.341 e. The van der Waals surface area contributed by atoms with E-state index in [1.807, 2.05) is 48.5 Å². The van der Waals surface area contributed by atoms with Crippen LogP contribution in [0.15, 0.2) is 48.5 Å². The van der Waals surface area contributed by atoms with Gasteiger partial charge in [0.2, 0.25) is 0 Å². The molecule has 0 saturated heterocycles. The van der Waals surface area contributed by atoms with Crippen molar-refractivity contribution in [1.29, 1.82) is 0 Å². The van der Waals surface area contributed by atoms with E-state index in [1.54, 1.807) is 0 Å². The molecule has 2 aromatic rings. The Balaban J connectivity index is 1.93. The monoisotopic (exact) mass is 294 g/mol. The predicted octanol–water partition coefficient (Wildman–Crippen LogP) is 4.01. The van der Waals surface area contributed by atoms with Crippen LogP contribution in [0.3, 0.4) is 0 Å². The van der Waals surface area contributed by atoms with Gasteiger partial charge in [-0.2, -0.15) is 0 Å².